The van der Waals surface area contributed by atoms with Gasteiger partial charge in [0.2, 0.25) is 0 Å². The average Bonchev–Trinajstić information content (AvgIpc) is 2.92. The minimum absolute atomic E-state index is 0.394. The van der Waals surface area contributed by atoms with Crippen LogP contribution in [0.4, 0.5) is 0 Å². The molecule has 16 heavy (non-hydrogen) atoms. The molecule has 1 saturated heterocycles. The molecular weight excluding hydrogens is 208 g/mol. The van der Waals surface area contributed by atoms with Crippen molar-refractivity contribution in [2.24, 2.45) is 0 Å². The van der Waals surface area contributed by atoms with Gasteiger partial charge in [-0.05, 0) is 17.2 Å². The van der Waals surface area contributed by atoms with Gasteiger partial charge in [-0.15, -0.1) is 0 Å². The molecule has 0 spiro atoms. The third kappa shape index (κ3) is 2.33. The summed E-state index contributed by atoms with van der Waals surface area (Å²) in [7, 11) is 0. The number of carboxylic acids is 1. The normalized spacial score (nSPS) is 24.6. The molecule has 0 amide bonds. The van der Waals surface area contributed by atoms with E-state index in [-0.39, 0.29) is 0 Å². The number of phenolic OH excluding ortho intramolecular Hbond substituents is 1. The van der Waals surface area contributed by atoms with E-state index >= 15 is 0 Å². The van der Waals surface area contributed by atoms with Gasteiger partial charge < -0.3 is 14.9 Å². The first-order valence-corrected chi connectivity index (χ1v) is 5.22. The van der Waals surface area contributed by atoms with Gasteiger partial charge in [-0.1, -0.05) is 12.1 Å². The van der Waals surface area contributed by atoms with E-state index in [9.17, 15) is 5.11 Å². The molecule has 2 N–H and O–H groups in total. The number of hydrogen-bond donors (Lipinski definition) is 2. The van der Waals surface area contributed by atoms with E-state index in [1.165, 1.54) is 5.56 Å². The molecule has 0 saturated carbocycles. The van der Waals surface area contributed by atoms with E-state index in [0.29, 0.717) is 18.0 Å². The fourth-order valence-corrected chi connectivity index (χ4v) is 2.00. The van der Waals surface area contributed by atoms with Crippen molar-refractivity contribution in [3.05, 3.63) is 29.3 Å². The van der Waals surface area contributed by atoms with E-state index in [2.05, 4.69) is 6.07 Å². The number of aromatic hydroxyl groups is 1. The summed E-state index contributed by atoms with van der Waals surface area (Å²) in [6.45, 7) is 1.08. The molecule has 1 aromatic rings. The molecule has 1 aromatic carbocycles. The van der Waals surface area contributed by atoms with Crippen molar-refractivity contribution in [3.8, 4) is 5.75 Å². The van der Waals surface area contributed by atoms with Crippen LogP contribution >= 0.6 is 0 Å². The van der Waals surface area contributed by atoms with Crippen LogP contribution in [0.3, 0.4) is 0 Å². The van der Waals surface area contributed by atoms with Gasteiger partial charge in [0.05, 0.1) is 12.2 Å². The highest BCUT2D eigenvalue weighted by molar-refractivity contribution is 5.62. The summed E-state index contributed by atoms with van der Waals surface area (Å²) in [5, 5.41) is 17.0. The van der Waals surface area contributed by atoms with Crippen LogP contribution in [0.1, 0.15) is 18.1 Å². The Labute approximate surface area is 93.5 Å². The lowest BCUT2D eigenvalue weighted by molar-refractivity contribution is -0.134. The van der Waals surface area contributed by atoms with E-state index in [1.54, 1.807) is 6.07 Å². The Hall–Kier alpha value is -1.55. The monoisotopic (exact) mass is 222 g/mol. The van der Waals surface area contributed by atoms with Gasteiger partial charge in [-0.3, -0.25) is 4.79 Å². The molecule has 2 aliphatic rings. The molecule has 4 heteroatoms. The Kier molecular flexibility index (Phi) is 2.83. The summed E-state index contributed by atoms with van der Waals surface area (Å²) in [4.78, 5) is 9.00. The minimum atomic E-state index is -0.833. The van der Waals surface area contributed by atoms with Gasteiger partial charge in [0.1, 0.15) is 5.75 Å². The zero-order chi connectivity index (χ0) is 11.7. The van der Waals surface area contributed by atoms with E-state index in [4.69, 9.17) is 14.6 Å². The molecule has 2 atom stereocenters. The maximum atomic E-state index is 9.54. The van der Waals surface area contributed by atoms with E-state index in [0.717, 1.165) is 25.3 Å². The Morgan fingerprint density at radius 3 is 2.69 bits per heavy atom. The minimum Gasteiger partial charge on any atom is -0.508 e. The zero-order valence-corrected chi connectivity index (χ0v) is 9.01. The maximum absolute atomic E-state index is 9.54. The topological polar surface area (TPSA) is 70.1 Å². The van der Waals surface area contributed by atoms with E-state index < -0.39 is 5.97 Å². The second kappa shape index (κ2) is 4.14. The molecule has 0 radical (unpaired) electrons. The zero-order valence-electron chi connectivity index (χ0n) is 9.01. The molecule has 1 aliphatic carbocycles. The standard InChI is InChI=1S/C10H10O2.C2H4O2/c11-8-3-1-2-6-4-9-10(12-9)5-7(6)8;1-2(3)4/h1-3,9-11H,4-5H2;1H3,(H,3,4). The smallest absolute Gasteiger partial charge is 0.300 e. The van der Waals surface area contributed by atoms with Crippen molar-refractivity contribution < 1.29 is 19.7 Å². The fraction of sp³-hybridized carbons (Fsp3) is 0.417. The number of hydrogen-bond acceptors (Lipinski definition) is 3. The lowest BCUT2D eigenvalue weighted by atomic mass is 9.91. The van der Waals surface area contributed by atoms with Gasteiger partial charge in [0, 0.05) is 19.8 Å². The summed E-state index contributed by atoms with van der Waals surface area (Å²) >= 11 is 0. The lowest BCUT2D eigenvalue weighted by Gasteiger charge is -2.12. The molecule has 1 fully saturated rings. The first-order chi connectivity index (χ1) is 7.58. The largest absolute Gasteiger partial charge is 0.508 e. The highest BCUT2D eigenvalue weighted by atomic mass is 16.6. The second-order valence-electron chi connectivity index (χ2n) is 4.06. The SMILES string of the molecule is CC(=O)O.Oc1cccc2c1CC1OC1C2. The van der Waals surface area contributed by atoms with Gasteiger partial charge in [0.25, 0.3) is 5.97 Å². The van der Waals surface area contributed by atoms with Crippen molar-refractivity contribution >= 4 is 5.97 Å². The Morgan fingerprint density at radius 1 is 1.38 bits per heavy atom. The van der Waals surface area contributed by atoms with Crippen LogP contribution in [0.2, 0.25) is 0 Å². The second-order valence-corrected chi connectivity index (χ2v) is 4.06. The number of aliphatic carboxylic acids is 1. The summed E-state index contributed by atoms with van der Waals surface area (Å²) < 4.78 is 5.40. The number of carboxylic acid groups (broad SMARTS) is 1. The molecule has 1 aliphatic heterocycles. The third-order valence-electron chi connectivity index (χ3n) is 2.76. The Balaban J connectivity index is 0.000000212. The quantitative estimate of drug-likeness (QED) is 0.650. The highest BCUT2D eigenvalue weighted by Crippen LogP contribution is 2.38. The van der Waals surface area contributed by atoms with Gasteiger partial charge >= 0.3 is 0 Å². The van der Waals surface area contributed by atoms with Crippen molar-refractivity contribution in [2.45, 2.75) is 32.0 Å². The fourth-order valence-electron chi connectivity index (χ4n) is 2.00. The Morgan fingerprint density at radius 2 is 2.00 bits per heavy atom. The van der Waals surface area contributed by atoms with Crippen molar-refractivity contribution in [1.82, 2.24) is 0 Å². The molecule has 3 rings (SSSR count). The number of ether oxygens (including phenoxy) is 1. The number of carbonyl (C=O) groups is 1. The molecule has 1 heterocycles. The van der Waals surface area contributed by atoms with Crippen LogP contribution in [0, 0.1) is 0 Å². The van der Waals surface area contributed by atoms with Crippen LogP contribution in [0.25, 0.3) is 0 Å². The van der Waals surface area contributed by atoms with Gasteiger partial charge in [0.15, 0.2) is 0 Å². The van der Waals surface area contributed by atoms with Crippen molar-refractivity contribution in [2.75, 3.05) is 0 Å². The van der Waals surface area contributed by atoms with Crippen molar-refractivity contribution in [3.63, 3.8) is 0 Å². The first-order valence-electron chi connectivity index (χ1n) is 5.22. The average molecular weight is 222 g/mol. The van der Waals surface area contributed by atoms with Crippen LogP contribution < -0.4 is 0 Å². The summed E-state index contributed by atoms with van der Waals surface area (Å²) in [5.74, 6) is -0.401. The number of rotatable bonds is 0. The van der Waals surface area contributed by atoms with Crippen LogP contribution in [0.5, 0.6) is 5.75 Å². The number of fused-ring (bicyclic) bond motifs is 2. The summed E-state index contributed by atoms with van der Waals surface area (Å²) in [5.41, 5.74) is 2.35. The number of phenols is 1. The molecule has 4 nitrogen and oxygen atoms in total. The van der Waals surface area contributed by atoms with E-state index in [1.807, 2.05) is 6.07 Å². The summed E-state index contributed by atoms with van der Waals surface area (Å²) in [6.07, 6.45) is 2.71. The highest BCUT2D eigenvalue weighted by Gasteiger charge is 2.43. The maximum Gasteiger partial charge on any atom is 0.300 e. The third-order valence-corrected chi connectivity index (χ3v) is 2.76. The predicted octanol–water partition coefficient (Wildman–Crippen LogP) is 1.35. The first kappa shape index (κ1) is 11.0. The van der Waals surface area contributed by atoms with Gasteiger partial charge in [-0.25, -0.2) is 0 Å². The lowest BCUT2D eigenvalue weighted by Crippen LogP contribution is -2.11. The van der Waals surface area contributed by atoms with Crippen LogP contribution in [0.15, 0.2) is 18.2 Å². The molecule has 2 unspecified atom stereocenters. The molecule has 0 bridgehead atoms. The number of benzene rings is 1. The van der Waals surface area contributed by atoms with Crippen LogP contribution in [-0.4, -0.2) is 28.4 Å². The molecule has 86 valence electrons. The molecular formula is C12H14O4. The van der Waals surface area contributed by atoms with Crippen molar-refractivity contribution in [1.29, 1.82) is 0 Å². The molecule has 0 aromatic heterocycles. The number of epoxide rings is 1. The summed E-state index contributed by atoms with van der Waals surface area (Å²) in [6, 6.07) is 5.73. The predicted molar refractivity (Wildman–Crippen MR) is 57.5 cm³/mol. The van der Waals surface area contributed by atoms with Crippen LogP contribution in [-0.2, 0) is 22.4 Å². The van der Waals surface area contributed by atoms with Gasteiger partial charge in [-0.2, -0.15) is 0 Å². The Bertz CT molecular complexity index is 409.